The Labute approximate surface area is 176 Å². The number of pyridine rings is 1. The monoisotopic (exact) mass is 401 g/mol. The highest BCUT2D eigenvalue weighted by molar-refractivity contribution is 6.31. The molecule has 3 aromatic carbocycles. The lowest BCUT2D eigenvalue weighted by atomic mass is 9.90. The molecule has 1 fully saturated rings. The van der Waals surface area contributed by atoms with Crippen molar-refractivity contribution in [2.45, 2.75) is 37.8 Å². The Balaban J connectivity index is 1.22. The second kappa shape index (κ2) is 7.92. The molecule has 1 aromatic heterocycles. The maximum Gasteiger partial charge on any atom is 0.0737 e. The summed E-state index contributed by atoms with van der Waals surface area (Å²) in [5, 5.41) is 11.9. The van der Waals surface area contributed by atoms with Crippen molar-refractivity contribution >= 4 is 44.7 Å². The Hall–Kier alpha value is -2.78. The van der Waals surface area contributed by atoms with Gasteiger partial charge in [-0.3, -0.25) is 4.98 Å². The van der Waals surface area contributed by atoms with Crippen LogP contribution in [0.4, 0.5) is 11.4 Å². The molecule has 29 heavy (non-hydrogen) atoms. The fourth-order valence-electron chi connectivity index (χ4n) is 4.36. The van der Waals surface area contributed by atoms with Crippen LogP contribution in [0.2, 0.25) is 5.02 Å². The van der Waals surface area contributed by atoms with Gasteiger partial charge in [-0.2, -0.15) is 0 Å². The fraction of sp³-hybridized carbons (Fsp3) is 0.240. The van der Waals surface area contributed by atoms with Gasteiger partial charge in [0.1, 0.15) is 0 Å². The van der Waals surface area contributed by atoms with Crippen molar-refractivity contribution in [3.8, 4) is 0 Å². The summed E-state index contributed by atoms with van der Waals surface area (Å²) in [7, 11) is 0. The van der Waals surface area contributed by atoms with Gasteiger partial charge in [0.15, 0.2) is 0 Å². The van der Waals surface area contributed by atoms with Crippen LogP contribution < -0.4 is 10.6 Å². The fourth-order valence-corrected chi connectivity index (χ4v) is 4.53. The van der Waals surface area contributed by atoms with E-state index in [-0.39, 0.29) is 0 Å². The average Bonchev–Trinajstić information content (AvgIpc) is 2.75. The highest BCUT2D eigenvalue weighted by Gasteiger charge is 2.21. The minimum Gasteiger partial charge on any atom is -0.382 e. The van der Waals surface area contributed by atoms with Crippen molar-refractivity contribution in [3.63, 3.8) is 0 Å². The Morgan fingerprint density at radius 3 is 2.34 bits per heavy atom. The molecule has 5 rings (SSSR count). The van der Waals surface area contributed by atoms with Crippen molar-refractivity contribution in [1.29, 1.82) is 0 Å². The summed E-state index contributed by atoms with van der Waals surface area (Å²) < 4.78 is 0. The van der Waals surface area contributed by atoms with E-state index in [9.17, 15) is 0 Å². The molecule has 0 saturated heterocycles. The second-order valence-corrected chi connectivity index (χ2v) is 8.36. The lowest BCUT2D eigenvalue weighted by Gasteiger charge is -2.31. The number of rotatable bonds is 4. The molecule has 0 unspecified atom stereocenters. The first kappa shape index (κ1) is 18.3. The van der Waals surface area contributed by atoms with Crippen molar-refractivity contribution < 1.29 is 0 Å². The van der Waals surface area contributed by atoms with Crippen molar-refractivity contribution in [3.05, 3.63) is 77.9 Å². The second-order valence-electron chi connectivity index (χ2n) is 7.92. The smallest absolute Gasteiger partial charge is 0.0737 e. The van der Waals surface area contributed by atoms with Crippen LogP contribution in [0.25, 0.3) is 21.7 Å². The number of halogens is 1. The SMILES string of the molecule is Clc1ccc2c(N[C@H]3CC[C@@H](Nc4ccc5ccccc5c4)CC3)ccnc2c1. The minimum absolute atomic E-state index is 0.492. The molecule has 4 heteroatoms. The van der Waals surface area contributed by atoms with Gasteiger partial charge in [0.25, 0.3) is 0 Å². The first-order chi connectivity index (χ1) is 14.2. The summed E-state index contributed by atoms with van der Waals surface area (Å²) in [4.78, 5) is 4.44. The van der Waals surface area contributed by atoms with E-state index in [1.54, 1.807) is 0 Å². The number of benzene rings is 3. The highest BCUT2D eigenvalue weighted by Crippen LogP contribution is 2.29. The molecule has 0 amide bonds. The molecule has 146 valence electrons. The van der Waals surface area contributed by atoms with Crippen LogP contribution in [-0.2, 0) is 0 Å². The van der Waals surface area contributed by atoms with E-state index < -0.39 is 0 Å². The molecule has 4 aromatic rings. The zero-order valence-electron chi connectivity index (χ0n) is 16.2. The van der Waals surface area contributed by atoms with Gasteiger partial charge in [0.2, 0.25) is 0 Å². The predicted molar refractivity (Wildman–Crippen MR) is 124 cm³/mol. The molecule has 1 saturated carbocycles. The molecule has 0 radical (unpaired) electrons. The first-order valence-electron chi connectivity index (χ1n) is 10.3. The zero-order chi connectivity index (χ0) is 19.6. The van der Waals surface area contributed by atoms with Crippen LogP contribution >= 0.6 is 11.6 Å². The first-order valence-corrected chi connectivity index (χ1v) is 10.7. The molecule has 1 aliphatic rings. The van der Waals surface area contributed by atoms with E-state index in [1.165, 1.54) is 29.3 Å². The largest absolute Gasteiger partial charge is 0.382 e. The van der Waals surface area contributed by atoms with Gasteiger partial charge in [0, 0.05) is 40.1 Å². The van der Waals surface area contributed by atoms with Crippen LogP contribution in [0.1, 0.15) is 25.7 Å². The summed E-state index contributed by atoms with van der Waals surface area (Å²) in [6.45, 7) is 0. The quantitative estimate of drug-likeness (QED) is 0.391. The third-order valence-corrected chi connectivity index (χ3v) is 6.15. The standard InChI is InChI=1S/C25H24ClN3/c26-19-6-12-23-24(13-14-27-25(23)16-19)29-21-10-8-20(9-11-21)28-22-7-5-17-3-1-2-4-18(17)15-22/h1-7,12-16,20-21,28H,8-11H2,(H,27,29)/t20-,21+. The molecule has 1 heterocycles. The average molecular weight is 402 g/mol. The number of anilines is 2. The molecule has 0 bridgehead atoms. The van der Waals surface area contributed by atoms with Crippen LogP contribution in [0, 0.1) is 0 Å². The van der Waals surface area contributed by atoms with Gasteiger partial charge in [-0.25, -0.2) is 0 Å². The topological polar surface area (TPSA) is 37.0 Å². The van der Waals surface area contributed by atoms with E-state index in [2.05, 4.69) is 70.2 Å². The van der Waals surface area contributed by atoms with E-state index in [4.69, 9.17) is 11.6 Å². The van der Waals surface area contributed by atoms with Gasteiger partial charge in [-0.15, -0.1) is 0 Å². The number of aromatic nitrogens is 1. The molecular weight excluding hydrogens is 378 g/mol. The van der Waals surface area contributed by atoms with Crippen LogP contribution in [-0.4, -0.2) is 17.1 Å². The molecule has 0 spiro atoms. The van der Waals surface area contributed by atoms with Gasteiger partial charge in [-0.05, 0) is 72.9 Å². The van der Waals surface area contributed by atoms with Gasteiger partial charge in [-0.1, -0.05) is 41.9 Å². The number of nitrogens with one attached hydrogen (secondary N) is 2. The Morgan fingerprint density at radius 1 is 0.759 bits per heavy atom. The molecule has 3 nitrogen and oxygen atoms in total. The molecule has 0 atom stereocenters. The van der Waals surface area contributed by atoms with Gasteiger partial charge < -0.3 is 10.6 Å². The highest BCUT2D eigenvalue weighted by atomic mass is 35.5. The third kappa shape index (κ3) is 4.01. The lowest BCUT2D eigenvalue weighted by molar-refractivity contribution is 0.429. The van der Waals surface area contributed by atoms with Crippen molar-refractivity contribution in [1.82, 2.24) is 4.98 Å². The van der Waals surface area contributed by atoms with Crippen LogP contribution in [0.5, 0.6) is 0 Å². The maximum absolute atomic E-state index is 6.11. The molecular formula is C25H24ClN3. The van der Waals surface area contributed by atoms with Gasteiger partial charge in [0.05, 0.1) is 5.52 Å². The number of nitrogens with zero attached hydrogens (tertiary/aromatic N) is 1. The number of hydrogen-bond donors (Lipinski definition) is 2. The van der Waals surface area contributed by atoms with Crippen LogP contribution in [0.3, 0.4) is 0 Å². The predicted octanol–water partition coefficient (Wildman–Crippen LogP) is 6.88. The van der Waals surface area contributed by atoms with E-state index in [1.807, 2.05) is 18.3 Å². The number of hydrogen-bond acceptors (Lipinski definition) is 3. The Bertz CT molecular complexity index is 1150. The van der Waals surface area contributed by atoms with Crippen molar-refractivity contribution in [2.24, 2.45) is 0 Å². The molecule has 1 aliphatic carbocycles. The molecule has 2 N–H and O–H groups in total. The summed E-state index contributed by atoms with van der Waals surface area (Å²) >= 11 is 6.11. The van der Waals surface area contributed by atoms with E-state index in [0.717, 1.165) is 34.5 Å². The minimum atomic E-state index is 0.492. The summed E-state index contributed by atoms with van der Waals surface area (Å²) in [6.07, 6.45) is 6.50. The summed E-state index contributed by atoms with van der Waals surface area (Å²) in [6, 6.07) is 24.2. The van der Waals surface area contributed by atoms with Gasteiger partial charge >= 0.3 is 0 Å². The van der Waals surface area contributed by atoms with Crippen molar-refractivity contribution in [2.75, 3.05) is 10.6 Å². The normalized spacial score (nSPS) is 19.3. The third-order valence-electron chi connectivity index (χ3n) is 5.91. The Morgan fingerprint density at radius 2 is 1.52 bits per heavy atom. The van der Waals surface area contributed by atoms with E-state index in [0.29, 0.717) is 12.1 Å². The molecule has 0 aliphatic heterocycles. The number of fused-ring (bicyclic) bond motifs is 2. The summed E-state index contributed by atoms with van der Waals surface area (Å²) in [5.41, 5.74) is 3.31. The lowest BCUT2D eigenvalue weighted by Crippen LogP contribution is -2.32. The summed E-state index contributed by atoms with van der Waals surface area (Å²) in [5.74, 6) is 0. The maximum atomic E-state index is 6.11. The van der Waals surface area contributed by atoms with E-state index >= 15 is 0 Å². The van der Waals surface area contributed by atoms with Crippen LogP contribution in [0.15, 0.2) is 72.9 Å². The Kier molecular flexibility index (Phi) is 4.99. The zero-order valence-corrected chi connectivity index (χ0v) is 17.0.